The number of nitrogens with one attached hydrogen (secondary N) is 1. The molecule has 1 N–H and O–H groups in total. The number of hydrogen-bond acceptors (Lipinski definition) is 3. The number of aromatic nitrogens is 1. The number of carbonyl (C=O) groups is 1. The standard InChI is InChI=1S/C12H12N2OS/c1-2-9-3-5-10(6-4-9)14-11(15)12-13-7-8-16-12/h3-8H,2H2,1H3,(H,14,15). The van der Waals surface area contributed by atoms with Crippen LogP contribution in [0.25, 0.3) is 0 Å². The molecule has 0 spiro atoms. The second kappa shape index (κ2) is 4.90. The van der Waals surface area contributed by atoms with Crippen LogP contribution in [0.5, 0.6) is 0 Å². The van der Waals surface area contributed by atoms with Crippen molar-refractivity contribution in [3.63, 3.8) is 0 Å². The second-order valence-corrected chi connectivity index (χ2v) is 4.24. The maximum Gasteiger partial charge on any atom is 0.284 e. The van der Waals surface area contributed by atoms with Gasteiger partial charge >= 0.3 is 0 Å². The summed E-state index contributed by atoms with van der Waals surface area (Å²) in [4.78, 5) is 15.6. The Morgan fingerprint density at radius 3 is 2.69 bits per heavy atom. The van der Waals surface area contributed by atoms with E-state index < -0.39 is 0 Å². The highest BCUT2D eigenvalue weighted by molar-refractivity contribution is 7.11. The van der Waals surface area contributed by atoms with Gasteiger partial charge < -0.3 is 5.32 Å². The lowest BCUT2D eigenvalue weighted by Crippen LogP contribution is -2.11. The minimum absolute atomic E-state index is 0.153. The van der Waals surface area contributed by atoms with Crippen LogP contribution in [0.15, 0.2) is 35.8 Å². The Hall–Kier alpha value is -1.68. The van der Waals surface area contributed by atoms with Crippen LogP contribution in [-0.4, -0.2) is 10.9 Å². The van der Waals surface area contributed by atoms with Gasteiger partial charge in [-0.15, -0.1) is 11.3 Å². The summed E-state index contributed by atoms with van der Waals surface area (Å²) in [6.45, 7) is 2.10. The molecule has 2 rings (SSSR count). The van der Waals surface area contributed by atoms with Crippen LogP contribution in [0.2, 0.25) is 0 Å². The highest BCUT2D eigenvalue weighted by Crippen LogP contribution is 2.12. The maximum atomic E-state index is 11.7. The molecule has 0 radical (unpaired) electrons. The highest BCUT2D eigenvalue weighted by Gasteiger charge is 2.07. The number of hydrogen-bond donors (Lipinski definition) is 1. The summed E-state index contributed by atoms with van der Waals surface area (Å²) in [5.41, 5.74) is 2.06. The first-order chi connectivity index (χ1) is 7.79. The SMILES string of the molecule is CCc1ccc(NC(=O)c2nccs2)cc1. The number of anilines is 1. The molecule has 1 aromatic heterocycles. The number of thiazole rings is 1. The predicted octanol–water partition coefficient (Wildman–Crippen LogP) is 2.96. The van der Waals surface area contributed by atoms with Crippen molar-refractivity contribution in [1.29, 1.82) is 0 Å². The summed E-state index contributed by atoms with van der Waals surface area (Å²) >= 11 is 1.33. The molecule has 0 aliphatic carbocycles. The molecule has 0 aliphatic heterocycles. The van der Waals surface area contributed by atoms with Crippen molar-refractivity contribution < 1.29 is 4.79 Å². The first kappa shape index (κ1) is 10.8. The summed E-state index contributed by atoms with van der Waals surface area (Å²) in [6.07, 6.45) is 2.63. The third-order valence-electron chi connectivity index (χ3n) is 2.25. The van der Waals surface area contributed by atoms with Crippen molar-refractivity contribution in [2.24, 2.45) is 0 Å². The fraction of sp³-hybridized carbons (Fsp3) is 0.167. The van der Waals surface area contributed by atoms with Crippen molar-refractivity contribution in [3.8, 4) is 0 Å². The summed E-state index contributed by atoms with van der Waals surface area (Å²) in [6, 6.07) is 7.84. The lowest BCUT2D eigenvalue weighted by Gasteiger charge is -2.03. The lowest BCUT2D eigenvalue weighted by atomic mass is 10.1. The van der Waals surface area contributed by atoms with Crippen LogP contribution >= 0.6 is 11.3 Å². The summed E-state index contributed by atoms with van der Waals surface area (Å²) < 4.78 is 0. The molecule has 0 bridgehead atoms. The first-order valence-electron chi connectivity index (χ1n) is 5.09. The molecule has 16 heavy (non-hydrogen) atoms. The van der Waals surface area contributed by atoms with Gasteiger partial charge in [-0.2, -0.15) is 0 Å². The zero-order valence-corrected chi connectivity index (χ0v) is 9.75. The Kier molecular flexibility index (Phi) is 3.31. The number of benzene rings is 1. The van der Waals surface area contributed by atoms with Crippen molar-refractivity contribution in [2.45, 2.75) is 13.3 Å². The number of carbonyl (C=O) groups excluding carboxylic acids is 1. The fourth-order valence-electron chi connectivity index (χ4n) is 1.34. The molecule has 2 aromatic rings. The zero-order valence-electron chi connectivity index (χ0n) is 8.93. The van der Waals surface area contributed by atoms with E-state index in [0.29, 0.717) is 5.01 Å². The average Bonchev–Trinajstić information content (AvgIpc) is 2.83. The average molecular weight is 232 g/mol. The third-order valence-corrected chi connectivity index (χ3v) is 3.02. The van der Waals surface area contributed by atoms with E-state index in [4.69, 9.17) is 0 Å². The van der Waals surface area contributed by atoms with Gasteiger partial charge in [0.2, 0.25) is 0 Å². The molecular weight excluding hydrogens is 220 g/mol. The molecular formula is C12H12N2OS. The van der Waals surface area contributed by atoms with E-state index >= 15 is 0 Å². The normalized spacial score (nSPS) is 10.1. The fourth-order valence-corrected chi connectivity index (χ4v) is 1.87. The Morgan fingerprint density at radius 1 is 1.38 bits per heavy atom. The third kappa shape index (κ3) is 2.46. The van der Waals surface area contributed by atoms with E-state index in [0.717, 1.165) is 12.1 Å². The van der Waals surface area contributed by atoms with Gasteiger partial charge in [-0.3, -0.25) is 4.79 Å². The van der Waals surface area contributed by atoms with E-state index in [9.17, 15) is 4.79 Å². The van der Waals surface area contributed by atoms with Crippen LogP contribution in [0.3, 0.4) is 0 Å². The van der Waals surface area contributed by atoms with E-state index in [1.807, 2.05) is 24.3 Å². The van der Waals surface area contributed by atoms with Gasteiger partial charge in [0.05, 0.1) is 0 Å². The smallest absolute Gasteiger partial charge is 0.284 e. The molecule has 4 heteroatoms. The predicted molar refractivity (Wildman–Crippen MR) is 65.9 cm³/mol. The van der Waals surface area contributed by atoms with Gasteiger partial charge in [0, 0.05) is 17.3 Å². The minimum atomic E-state index is -0.153. The number of nitrogens with zero attached hydrogens (tertiary/aromatic N) is 1. The Morgan fingerprint density at radius 2 is 2.12 bits per heavy atom. The lowest BCUT2D eigenvalue weighted by molar-refractivity contribution is 0.102. The molecule has 3 nitrogen and oxygen atoms in total. The molecule has 1 heterocycles. The van der Waals surface area contributed by atoms with E-state index in [-0.39, 0.29) is 5.91 Å². The van der Waals surface area contributed by atoms with Crippen LogP contribution in [-0.2, 0) is 6.42 Å². The van der Waals surface area contributed by atoms with E-state index in [1.165, 1.54) is 16.9 Å². The largest absolute Gasteiger partial charge is 0.320 e. The second-order valence-electron chi connectivity index (χ2n) is 3.34. The molecule has 0 unspecified atom stereocenters. The van der Waals surface area contributed by atoms with Crippen molar-refractivity contribution >= 4 is 22.9 Å². The van der Waals surface area contributed by atoms with Crippen molar-refractivity contribution in [1.82, 2.24) is 4.98 Å². The van der Waals surface area contributed by atoms with Gasteiger partial charge in [-0.05, 0) is 24.1 Å². The molecule has 0 aliphatic rings. The van der Waals surface area contributed by atoms with Crippen LogP contribution < -0.4 is 5.32 Å². The maximum absolute atomic E-state index is 11.7. The minimum Gasteiger partial charge on any atom is -0.320 e. The van der Waals surface area contributed by atoms with Crippen molar-refractivity contribution in [2.75, 3.05) is 5.32 Å². The quantitative estimate of drug-likeness (QED) is 0.884. The highest BCUT2D eigenvalue weighted by atomic mass is 32.1. The molecule has 0 fully saturated rings. The van der Waals surface area contributed by atoms with Crippen molar-refractivity contribution in [3.05, 3.63) is 46.4 Å². The number of aryl methyl sites for hydroxylation is 1. The zero-order chi connectivity index (χ0) is 11.4. The summed E-state index contributed by atoms with van der Waals surface area (Å²) in [5.74, 6) is -0.153. The number of amides is 1. The Balaban J connectivity index is 2.06. The number of rotatable bonds is 3. The van der Waals surface area contributed by atoms with Gasteiger partial charge in [0.15, 0.2) is 5.01 Å². The Bertz CT molecular complexity index is 462. The molecule has 0 saturated carbocycles. The molecule has 82 valence electrons. The first-order valence-corrected chi connectivity index (χ1v) is 5.97. The Labute approximate surface area is 98.2 Å². The molecule has 0 saturated heterocycles. The van der Waals surface area contributed by atoms with Crippen LogP contribution in [0, 0.1) is 0 Å². The molecule has 1 amide bonds. The topological polar surface area (TPSA) is 42.0 Å². The van der Waals surface area contributed by atoms with Crippen LogP contribution in [0.4, 0.5) is 5.69 Å². The molecule has 0 atom stereocenters. The monoisotopic (exact) mass is 232 g/mol. The van der Waals surface area contributed by atoms with Gasteiger partial charge in [0.25, 0.3) is 5.91 Å². The van der Waals surface area contributed by atoms with E-state index in [1.54, 1.807) is 11.6 Å². The summed E-state index contributed by atoms with van der Waals surface area (Å²) in [7, 11) is 0. The summed E-state index contributed by atoms with van der Waals surface area (Å²) in [5, 5.41) is 5.08. The van der Waals surface area contributed by atoms with Crippen LogP contribution in [0.1, 0.15) is 22.3 Å². The molecule has 1 aromatic carbocycles. The van der Waals surface area contributed by atoms with Gasteiger partial charge in [0.1, 0.15) is 0 Å². The van der Waals surface area contributed by atoms with Gasteiger partial charge in [-0.1, -0.05) is 19.1 Å². The van der Waals surface area contributed by atoms with E-state index in [2.05, 4.69) is 17.2 Å². The van der Waals surface area contributed by atoms with Gasteiger partial charge in [-0.25, -0.2) is 4.98 Å².